The Morgan fingerprint density at radius 3 is 2.72 bits per heavy atom. The van der Waals surface area contributed by atoms with Crippen molar-refractivity contribution >= 4 is 28.1 Å². The number of fused-ring (bicyclic) bond motifs is 1. The maximum atomic E-state index is 4.44. The van der Waals surface area contributed by atoms with Crippen LogP contribution in [0.4, 0.5) is 0 Å². The van der Waals surface area contributed by atoms with Crippen molar-refractivity contribution in [3.05, 3.63) is 64.1 Å². The Balaban J connectivity index is 1.63. The van der Waals surface area contributed by atoms with E-state index >= 15 is 0 Å². The highest BCUT2D eigenvalue weighted by Gasteiger charge is 2.09. The first-order chi connectivity index (χ1) is 12.2. The molecule has 4 nitrogen and oxygen atoms in total. The Hall–Kier alpha value is -2.40. The predicted molar refractivity (Wildman–Crippen MR) is 107 cm³/mol. The highest BCUT2D eigenvalue weighted by molar-refractivity contribution is 7.11. The van der Waals surface area contributed by atoms with Gasteiger partial charge in [-0.3, -0.25) is 4.99 Å². The largest absolute Gasteiger partial charge is 0.350 e. The SMILES string of the molecule is CCc1cnc(CNC(=NC)NC(C)c2ccc3ccccc3c2)s1. The molecule has 3 aromatic rings. The Morgan fingerprint density at radius 1 is 1.20 bits per heavy atom. The van der Waals surface area contributed by atoms with Crippen molar-refractivity contribution in [2.24, 2.45) is 4.99 Å². The molecule has 2 aromatic carbocycles. The first-order valence-corrected chi connectivity index (χ1v) is 9.40. The standard InChI is InChI=1S/C20H24N4S/c1-4-18-12-22-19(25-18)13-23-20(21-3)24-14(2)16-10-9-15-7-5-6-8-17(15)11-16/h5-12,14H,4,13H2,1-3H3,(H2,21,23,24). The second-order valence-electron chi connectivity index (χ2n) is 5.97. The fraction of sp³-hybridized carbons (Fsp3) is 0.300. The van der Waals surface area contributed by atoms with Gasteiger partial charge in [-0.25, -0.2) is 4.98 Å². The zero-order valence-corrected chi connectivity index (χ0v) is 15.7. The minimum absolute atomic E-state index is 0.165. The van der Waals surface area contributed by atoms with E-state index in [-0.39, 0.29) is 6.04 Å². The molecule has 130 valence electrons. The molecule has 0 spiro atoms. The van der Waals surface area contributed by atoms with Crippen LogP contribution < -0.4 is 10.6 Å². The van der Waals surface area contributed by atoms with Crippen molar-refractivity contribution in [2.45, 2.75) is 32.9 Å². The third-order valence-electron chi connectivity index (χ3n) is 4.21. The summed E-state index contributed by atoms with van der Waals surface area (Å²) in [6.07, 6.45) is 2.99. The van der Waals surface area contributed by atoms with Gasteiger partial charge in [0, 0.05) is 18.1 Å². The Bertz CT molecular complexity index is 869. The third-order valence-corrected chi connectivity index (χ3v) is 5.35. The summed E-state index contributed by atoms with van der Waals surface area (Å²) < 4.78 is 0. The van der Waals surface area contributed by atoms with Crippen LogP contribution in [-0.2, 0) is 13.0 Å². The number of thiazole rings is 1. The lowest BCUT2D eigenvalue weighted by atomic mass is 10.0. The molecule has 0 aliphatic carbocycles. The Morgan fingerprint density at radius 2 is 2.00 bits per heavy atom. The van der Waals surface area contributed by atoms with E-state index in [0.29, 0.717) is 6.54 Å². The van der Waals surface area contributed by atoms with Crippen LogP contribution in [0.5, 0.6) is 0 Å². The molecule has 0 bridgehead atoms. The molecular weight excluding hydrogens is 328 g/mol. The fourth-order valence-electron chi connectivity index (χ4n) is 2.71. The van der Waals surface area contributed by atoms with Crippen LogP contribution in [0.25, 0.3) is 10.8 Å². The van der Waals surface area contributed by atoms with Crippen molar-refractivity contribution in [1.29, 1.82) is 0 Å². The summed E-state index contributed by atoms with van der Waals surface area (Å²) in [5.74, 6) is 0.786. The van der Waals surface area contributed by atoms with Gasteiger partial charge >= 0.3 is 0 Å². The number of aryl methyl sites for hydroxylation is 1. The zero-order valence-electron chi connectivity index (χ0n) is 14.9. The van der Waals surface area contributed by atoms with Crippen LogP contribution in [0.1, 0.15) is 35.3 Å². The van der Waals surface area contributed by atoms with Crippen molar-refractivity contribution in [3.8, 4) is 0 Å². The van der Waals surface area contributed by atoms with Gasteiger partial charge in [-0.2, -0.15) is 0 Å². The second kappa shape index (κ2) is 8.12. The number of benzene rings is 2. The fourth-order valence-corrected chi connectivity index (χ4v) is 3.51. The summed E-state index contributed by atoms with van der Waals surface area (Å²) >= 11 is 1.75. The predicted octanol–water partition coefficient (Wildman–Crippen LogP) is 4.28. The quantitative estimate of drug-likeness (QED) is 0.532. The van der Waals surface area contributed by atoms with E-state index in [0.717, 1.165) is 17.4 Å². The molecule has 3 rings (SSSR count). The number of hydrogen-bond acceptors (Lipinski definition) is 3. The first-order valence-electron chi connectivity index (χ1n) is 8.59. The van der Waals surface area contributed by atoms with E-state index in [1.54, 1.807) is 18.4 Å². The molecule has 1 atom stereocenters. The molecule has 1 heterocycles. The van der Waals surface area contributed by atoms with Crippen molar-refractivity contribution in [1.82, 2.24) is 15.6 Å². The molecular formula is C20H24N4S. The van der Waals surface area contributed by atoms with E-state index in [9.17, 15) is 0 Å². The molecule has 0 fully saturated rings. The number of hydrogen-bond donors (Lipinski definition) is 2. The van der Waals surface area contributed by atoms with Gasteiger partial charge in [0.25, 0.3) is 0 Å². The van der Waals surface area contributed by atoms with E-state index in [1.165, 1.54) is 21.2 Å². The van der Waals surface area contributed by atoms with Gasteiger partial charge < -0.3 is 10.6 Å². The molecule has 1 unspecified atom stereocenters. The Labute approximate surface area is 153 Å². The van der Waals surface area contributed by atoms with Crippen LogP contribution >= 0.6 is 11.3 Å². The number of rotatable bonds is 5. The highest BCUT2D eigenvalue weighted by atomic mass is 32.1. The monoisotopic (exact) mass is 352 g/mol. The molecule has 0 aliphatic rings. The van der Waals surface area contributed by atoms with Gasteiger partial charge in [-0.15, -0.1) is 11.3 Å². The number of guanidine groups is 1. The molecule has 0 aliphatic heterocycles. The molecule has 25 heavy (non-hydrogen) atoms. The van der Waals surface area contributed by atoms with E-state index in [2.05, 4.69) is 76.9 Å². The van der Waals surface area contributed by atoms with Gasteiger partial charge in [-0.1, -0.05) is 43.3 Å². The van der Waals surface area contributed by atoms with Crippen LogP contribution in [-0.4, -0.2) is 18.0 Å². The van der Waals surface area contributed by atoms with E-state index in [4.69, 9.17) is 0 Å². The van der Waals surface area contributed by atoms with Gasteiger partial charge in [0.15, 0.2) is 5.96 Å². The summed E-state index contributed by atoms with van der Waals surface area (Å²) in [5.41, 5.74) is 1.24. The summed E-state index contributed by atoms with van der Waals surface area (Å²) in [7, 11) is 1.79. The number of nitrogens with zero attached hydrogens (tertiary/aromatic N) is 2. The number of aromatic nitrogens is 1. The highest BCUT2D eigenvalue weighted by Crippen LogP contribution is 2.20. The average Bonchev–Trinajstić information content (AvgIpc) is 3.12. The molecule has 5 heteroatoms. The maximum Gasteiger partial charge on any atom is 0.191 e. The minimum atomic E-state index is 0.165. The van der Waals surface area contributed by atoms with Crippen LogP contribution in [0.15, 0.2) is 53.7 Å². The maximum absolute atomic E-state index is 4.44. The normalized spacial score (nSPS) is 13.0. The molecule has 2 N–H and O–H groups in total. The first kappa shape index (κ1) is 17.4. The van der Waals surface area contributed by atoms with Crippen LogP contribution in [0.3, 0.4) is 0 Å². The zero-order chi connectivity index (χ0) is 17.6. The van der Waals surface area contributed by atoms with Crippen molar-refractivity contribution in [2.75, 3.05) is 7.05 Å². The van der Waals surface area contributed by atoms with Crippen LogP contribution in [0.2, 0.25) is 0 Å². The number of nitrogens with one attached hydrogen (secondary N) is 2. The van der Waals surface area contributed by atoms with Crippen LogP contribution in [0, 0.1) is 0 Å². The van der Waals surface area contributed by atoms with Crippen molar-refractivity contribution in [3.63, 3.8) is 0 Å². The molecule has 1 aromatic heterocycles. The smallest absolute Gasteiger partial charge is 0.191 e. The summed E-state index contributed by atoms with van der Waals surface area (Å²) in [4.78, 5) is 10.1. The topological polar surface area (TPSA) is 49.3 Å². The van der Waals surface area contributed by atoms with Gasteiger partial charge in [-0.05, 0) is 35.7 Å². The summed E-state index contributed by atoms with van der Waals surface area (Å²) in [6.45, 7) is 4.99. The third kappa shape index (κ3) is 4.37. The average molecular weight is 353 g/mol. The van der Waals surface area contributed by atoms with Gasteiger partial charge in [0.1, 0.15) is 5.01 Å². The molecule has 0 saturated heterocycles. The van der Waals surface area contributed by atoms with Crippen molar-refractivity contribution < 1.29 is 0 Å². The van der Waals surface area contributed by atoms with E-state index in [1.807, 2.05) is 6.20 Å². The lowest BCUT2D eigenvalue weighted by Gasteiger charge is -2.18. The lowest BCUT2D eigenvalue weighted by molar-refractivity contribution is 0.685. The lowest BCUT2D eigenvalue weighted by Crippen LogP contribution is -2.38. The molecule has 0 saturated carbocycles. The summed E-state index contributed by atoms with van der Waals surface area (Å²) in [6, 6.07) is 15.2. The minimum Gasteiger partial charge on any atom is -0.350 e. The molecule has 0 amide bonds. The van der Waals surface area contributed by atoms with Gasteiger partial charge in [0.05, 0.1) is 12.6 Å². The summed E-state index contributed by atoms with van der Waals surface area (Å²) in [5, 5.41) is 10.4. The van der Waals surface area contributed by atoms with Gasteiger partial charge in [0.2, 0.25) is 0 Å². The number of aliphatic imine (C=N–C) groups is 1. The molecule has 0 radical (unpaired) electrons. The second-order valence-corrected chi connectivity index (χ2v) is 7.17. The van der Waals surface area contributed by atoms with E-state index < -0.39 is 0 Å². The Kier molecular flexibility index (Phi) is 5.66.